The molecule has 1 fully saturated rings. The van der Waals surface area contributed by atoms with Gasteiger partial charge in [0.25, 0.3) is 0 Å². The molecule has 0 bridgehead atoms. The van der Waals surface area contributed by atoms with Gasteiger partial charge in [-0.25, -0.2) is 4.98 Å². The summed E-state index contributed by atoms with van der Waals surface area (Å²) in [6, 6.07) is -9.34. The molecule has 22 nitrogen and oxygen atoms in total. The molecule has 0 unspecified atom stereocenters. The molecule has 1 aromatic rings. The van der Waals surface area contributed by atoms with E-state index in [0.29, 0.717) is 19.3 Å². The highest BCUT2D eigenvalue weighted by atomic mass is 16.3. The van der Waals surface area contributed by atoms with Gasteiger partial charge in [-0.3, -0.25) is 52.7 Å². The number of hydrogen-bond acceptors (Lipinski definition) is 13. The van der Waals surface area contributed by atoms with E-state index in [4.69, 9.17) is 0 Å². The zero-order valence-electron chi connectivity index (χ0n) is 60.4. The van der Waals surface area contributed by atoms with Crippen molar-refractivity contribution in [3.63, 3.8) is 0 Å². The van der Waals surface area contributed by atoms with Crippen LogP contribution >= 0.6 is 0 Å². The monoisotopic (exact) mass is 1280 g/mol. The summed E-state index contributed by atoms with van der Waals surface area (Å²) in [7, 11) is 12.2. The maximum absolute atomic E-state index is 15.4. The van der Waals surface area contributed by atoms with Crippen molar-refractivity contribution >= 4 is 64.6 Å². The first-order valence-electron chi connectivity index (χ1n) is 33.5. The number of imidazole rings is 1. The van der Waals surface area contributed by atoms with Crippen LogP contribution in [-0.2, 0) is 66.2 Å². The summed E-state index contributed by atoms with van der Waals surface area (Å²) in [4.78, 5) is 176. The third-order valence-corrected chi connectivity index (χ3v) is 18.7. The summed E-state index contributed by atoms with van der Waals surface area (Å²) in [5.74, 6) is -10.9. The lowest BCUT2D eigenvalue weighted by atomic mass is 9.84. The SMILES string of the molecule is CC[C@H]1CC(=O)[C@@H]([C@H](O)[C@H](C)CCCc2cn(C)cn2)N(C)C(=O)[C@@H](C(C)C)N(C)C(=O)[C@@H](CC(C)C)N(C)C(=O)[C@@H](CC(C)C)N(C)C(=O)[C@H](C)NC(=O)[C@@H](C)CC(=O)[C@@H](CC(C)C)N(C)C(=O)[C@@H](C(C)C)CC(=O)[C@H](CC(C)C)N(C)C(=O)[C@@H](C)N(C)C1=O. The lowest BCUT2D eigenvalue weighted by Gasteiger charge is -2.41. The lowest BCUT2D eigenvalue weighted by molar-refractivity contribution is -0.157. The topological polar surface area (TPSA) is 261 Å². The molecule has 2 heterocycles. The predicted molar refractivity (Wildman–Crippen MR) is 353 cm³/mol. The Labute approximate surface area is 546 Å². The number of carbonyl (C=O) groups is 11. The Kier molecular flexibility index (Phi) is 32.4. The fraction of sp³-hybridized carbons (Fsp3) is 0.797. The van der Waals surface area contributed by atoms with E-state index in [9.17, 15) is 38.7 Å². The van der Waals surface area contributed by atoms with Crippen molar-refractivity contribution < 1.29 is 57.8 Å². The van der Waals surface area contributed by atoms with Crippen molar-refractivity contribution in [1.29, 1.82) is 0 Å². The number of hydrogen-bond donors (Lipinski definition) is 2. The van der Waals surface area contributed by atoms with Gasteiger partial charge in [0.1, 0.15) is 36.3 Å². The summed E-state index contributed by atoms with van der Waals surface area (Å²) in [5.41, 5.74) is 0.843. The fourth-order valence-electron chi connectivity index (χ4n) is 12.6. The second-order valence-electron chi connectivity index (χ2n) is 29.0. The van der Waals surface area contributed by atoms with Gasteiger partial charge in [-0.15, -0.1) is 0 Å². The molecule has 22 heteroatoms. The molecule has 0 aliphatic carbocycles. The standard InChI is InChI=1S/C69H120N10O12/c1-26-49-35-58(82)60(61(83)45(14)28-27-29-50-37-72(18)38-70-50)79(25)69(91)59(44(12)13)78(24)68(90)55(33-42(8)9)77(23)67(89)54(32-41(6)7)76(22)63(85)47(16)71-62(84)46(15)34-56(80)52(30-39(2)3)75(21)66(88)51(43(10)11)36-57(81)53(31-40(4)5)74(20)64(86)48(17)73(19)65(49)87/h37-49,51-55,59-61,83H,26-36H2,1-25H3,(H,71,84)/t45-,46+,47+,48-,49+,51-,52-,53+,54-,55-,59-,60+,61-/m1/s1. The molecule has 1 aromatic heterocycles. The number of rotatable bonds is 17. The highest BCUT2D eigenvalue weighted by Gasteiger charge is 2.46. The number of carbonyl (C=O) groups excluding carboxylic acids is 11. The molecule has 2 N–H and O–H groups in total. The first-order valence-corrected chi connectivity index (χ1v) is 33.5. The summed E-state index contributed by atoms with van der Waals surface area (Å²) in [5, 5.41) is 15.2. The van der Waals surface area contributed by atoms with Crippen LogP contribution in [0, 0.1) is 59.2 Å². The van der Waals surface area contributed by atoms with Crippen molar-refractivity contribution in [2.24, 2.45) is 66.2 Å². The molecule has 1 saturated heterocycles. The van der Waals surface area contributed by atoms with Crippen LogP contribution < -0.4 is 5.32 Å². The average Bonchev–Trinajstić information content (AvgIpc) is 1.19. The largest absolute Gasteiger partial charge is 0.390 e. The van der Waals surface area contributed by atoms with E-state index in [-0.39, 0.29) is 74.4 Å². The second kappa shape index (κ2) is 36.4. The van der Waals surface area contributed by atoms with Crippen LogP contribution in [-0.4, -0.2) is 217 Å². The minimum Gasteiger partial charge on any atom is -0.390 e. The number of likely N-dealkylation sites (N-methyl/N-ethyl adjacent to an activating group) is 7. The van der Waals surface area contributed by atoms with Gasteiger partial charge in [0.05, 0.1) is 30.2 Å². The second-order valence-corrected chi connectivity index (χ2v) is 29.0. The third-order valence-electron chi connectivity index (χ3n) is 18.7. The molecule has 0 spiro atoms. The van der Waals surface area contributed by atoms with Crippen LogP contribution in [0.2, 0.25) is 0 Å². The number of aromatic nitrogens is 2. The molecular weight excluding hydrogens is 1160 g/mol. The van der Waals surface area contributed by atoms with E-state index in [2.05, 4.69) is 10.3 Å². The molecule has 8 amide bonds. The maximum atomic E-state index is 15.4. The Morgan fingerprint density at radius 3 is 1.38 bits per heavy atom. The van der Waals surface area contributed by atoms with E-state index in [1.807, 2.05) is 87.0 Å². The van der Waals surface area contributed by atoms with Crippen molar-refractivity contribution in [3.05, 3.63) is 18.2 Å². The zero-order valence-corrected chi connectivity index (χ0v) is 60.4. The van der Waals surface area contributed by atoms with Gasteiger partial charge in [0.15, 0.2) is 17.3 Å². The molecule has 518 valence electrons. The van der Waals surface area contributed by atoms with Crippen LogP contribution in [0.3, 0.4) is 0 Å². The highest BCUT2D eigenvalue weighted by molar-refractivity contribution is 6.00. The van der Waals surface area contributed by atoms with Gasteiger partial charge in [-0.2, -0.15) is 0 Å². The normalized spacial score (nSPS) is 26.9. The van der Waals surface area contributed by atoms with Gasteiger partial charge in [0, 0.05) is 99.6 Å². The smallest absolute Gasteiger partial charge is 0.246 e. The number of aliphatic hydroxyl groups excluding tert-OH is 1. The quantitative estimate of drug-likeness (QED) is 0.164. The van der Waals surface area contributed by atoms with E-state index in [1.165, 1.54) is 90.6 Å². The van der Waals surface area contributed by atoms with Crippen LogP contribution in [0.5, 0.6) is 0 Å². The van der Waals surface area contributed by atoms with Gasteiger partial charge < -0.3 is 49.3 Å². The molecule has 2 rings (SSSR count). The molecule has 0 radical (unpaired) electrons. The Hall–Kier alpha value is -6.06. The number of nitrogens with zero attached hydrogens (tertiary/aromatic N) is 9. The number of amides is 8. The number of nitrogens with one attached hydrogen (secondary N) is 1. The highest BCUT2D eigenvalue weighted by Crippen LogP contribution is 2.30. The number of aryl methyl sites for hydroxylation is 2. The van der Waals surface area contributed by atoms with Gasteiger partial charge in [0.2, 0.25) is 47.3 Å². The minimum absolute atomic E-state index is 0.0716. The molecule has 0 saturated carbocycles. The summed E-state index contributed by atoms with van der Waals surface area (Å²) in [6.07, 6.45) is 3.69. The zero-order chi connectivity index (χ0) is 70.1. The number of Topliss-reactive ketones (excluding diaryl/α,β-unsaturated/α-hetero) is 3. The van der Waals surface area contributed by atoms with Crippen LogP contribution in [0.1, 0.15) is 188 Å². The molecular formula is C69H120N10O12. The van der Waals surface area contributed by atoms with E-state index >= 15 is 19.2 Å². The number of aliphatic hydroxyl groups is 1. The molecule has 91 heavy (non-hydrogen) atoms. The van der Waals surface area contributed by atoms with E-state index in [1.54, 1.807) is 47.9 Å². The molecule has 1 aliphatic rings. The van der Waals surface area contributed by atoms with E-state index < -0.39 is 155 Å². The van der Waals surface area contributed by atoms with Crippen molar-refractivity contribution in [2.75, 3.05) is 49.3 Å². The third kappa shape index (κ3) is 22.3. The fourth-order valence-corrected chi connectivity index (χ4v) is 12.6. The molecule has 13 atom stereocenters. The summed E-state index contributed by atoms with van der Waals surface area (Å²) >= 11 is 0. The summed E-state index contributed by atoms with van der Waals surface area (Å²) in [6.45, 7) is 30.4. The predicted octanol–water partition coefficient (Wildman–Crippen LogP) is 6.72. The minimum atomic E-state index is -1.51. The van der Waals surface area contributed by atoms with Crippen molar-refractivity contribution in [3.8, 4) is 0 Å². The van der Waals surface area contributed by atoms with E-state index in [0.717, 1.165) is 5.69 Å². The Morgan fingerprint density at radius 1 is 0.495 bits per heavy atom. The molecule has 1 aliphatic heterocycles. The van der Waals surface area contributed by atoms with Gasteiger partial charge in [-0.1, -0.05) is 104 Å². The average molecular weight is 1280 g/mol. The summed E-state index contributed by atoms with van der Waals surface area (Å²) < 4.78 is 1.83. The van der Waals surface area contributed by atoms with Gasteiger partial charge in [-0.05, 0) is 107 Å². The van der Waals surface area contributed by atoms with Crippen molar-refractivity contribution in [1.82, 2.24) is 49.2 Å². The Morgan fingerprint density at radius 2 is 0.934 bits per heavy atom. The van der Waals surface area contributed by atoms with Crippen LogP contribution in [0.25, 0.3) is 0 Å². The maximum Gasteiger partial charge on any atom is 0.246 e. The lowest BCUT2D eigenvalue weighted by Crippen LogP contribution is -2.61. The van der Waals surface area contributed by atoms with Crippen molar-refractivity contribution in [2.45, 2.75) is 243 Å². The first kappa shape index (κ1) is 81.0. The number of ketones is 3. The molecule has 0 aromatic carbocycles. The Balaban J connectivity index is 3.00. The van der Waals surface area contributed by atoms with Gasteiger partial charge >= 0.3 is 0 Å². The first-order chi connectivity index (χ1) is 42.0. The van der Waals surface area contributed by atoms with Crippen LogP contribution in [0.4, 0.5) is 0 Å². The Bertz CT molecular complexity index is 2630. The van der Waals surface area contributed by atoms with Crippen LogP contribution in [0.15, 0.2) is 12.5 Å².